The van der Waals surface area contributed by atoms with Crippen molar-refractivity contribution in [3.05, 3.63) is 23.9 Å². The molecule has 0 aliphatic rings. The molecule has 3 nitrogen and oxygen atoms in total. The van der Waals surface area contributed by atoms with Crippen molar-refractivity contribution in [2.75, 3.05) is 24.6 Å². The molecule has 0 aliphatic carbocycles. The van der Waals surface area contributed by atoms with E-state index in [1.807, 2.05) is 0 Å². The number of aliphatic hydroxyl groups is 1. The summed E-state index contributed by atoms with van der Waals surface area (Å²) in [7, 11) is 0. The summed E-state index contributed by atoms with van der Waals surface area (Å²) in [6, 6.07) is 3.21. The minimum atomic E-state index is -4.35. The second-order valence-electron chi connectivity index (χ2n) is 3.38. The summed E-state index contributed by atoms with van der Waals surface area (Å²) >= 11 is 5.64. The highest BCUT2D eigenvalue weighted by atomic mass is 35.5. The largest absolute Gasteiger partial charge is 0.405 e. The van der Waals surface area contributed by atoms with Crippen LogP contribution in [0.25, 0.3) is 0 Å². The summed E-state index contributed by atoms with van der Waals surface area (Å²) in [4.78, 5) is 4.85. The quantitative estimate of drug-likeness (QED) is 0.832. The van der Waals surface area contributed by atoms with E-state index in [-0.39, 0.29) is 24.8 Å². The van der Waals surface area contributed by atoms with Crippen LogP contribution in [0.3, 0.4) is 0 Å². The highest BCUT2D eigenvalue weighted by Crippen LogP contribution is 2.24. The first kappa shape index (κ1) is 14.1. The van der Waals surface area contributed by atoms with Crippen molar-refractivity contribution >= 4 is 17.4 Å². The SMILES string of the molecule is OCCN(CC(F)(F)F)c1ncccc1CCl. The first-order chi connectivity index (χ1) is 7.98. The molecule has 1 aromatic rings. The molecular weight excluding hydrogens is 257 g/mol. The van der Waals surface area contributed by atoms with Gasteiger partial charge in [-0.25, -0.2) is 4.98 Å². The summed E-state index contributed by atoms with van der Waals surface area (Å²) in [6.45, 7) is -1.68. The summed E-state index contributed by atoms with van der Waals surface area (Å²) in [5.41, 5.74) is 0.506. The van der Waals surface area contributed by atoms with Crippen LogP contribution >= 0.6 is 11.6 Å². The molecule has 0 atom stereocenters. The molecular formula is C10H12ClF3N2O. The molecule has 0 fully saturated rings. The lowest BCUT2D eigenvalue weighted by Crippen LogP contribution is -2.37. The van der Waals surface area contributed by atoms with E-state index in [2.05, 4.69) is 4.98 Å². The van der Waals surface area contributed by atoms with E-state index in [1.165, 1.54) is 6.20 Å². The highest BCUT2D eigenvalue weighted by molar-refractivity contribution is 6.17. The zero-order valence-corrected chi connectivity index (χ0v) is 9.67. The van der Waals surface area contributed by atoms with E-state index in [9.17, 15) is 13.2 Å². The van der Waals surface area contributed by atoms with Gasteiger partial charge >= 0.3 is 6.18 Å². The lowest BCUT2D eigenvalue weighted by molar-refractivity contribution is -0.120. The number of aliphatic hydroxyl groups excluding tert-OH is 1. The smallest absolute Gasteiger partial charge is 0.395 e. The topological polar surface area (TPSA) is 36.4 Å². The molecule has 0 aliphatic heterocycles. The van der Waals surface area contributed by atoms with Gasteiger partial charge in [0.2, 0.25) is 0 Å². The van der Waals surface area contributed by atoms with Gasteiger partial charge < -0.3 is 10.0 Å². The van der Waals surface area contributed by atoms with E-state index in [0.29, 0.717) is 5.56 Å². The van der Waals surface area contributed by atoms with Crippen molar-refractivity contribution in [2.45, 2.75) is 12.1 Å². The zero-order chi connectivity index (χ0) is 12.9. The Labute approximate surface area is 102 Å². The van der Waals surface area contributed by atoms with Gasteiger partial charge in [0.05, 0.1) is 12.5 Å². The standard InChI is InChI=1S/C10H12ClF3N2O/c11-6-8-2-1-3-15-9(8)16(4-5-17)7-10(12,13)14/h1-3,17H,4-7H2. The van der Waals surface area contributed by atoms with Gasteiger partial charge in [0.15, 0.2) is 0 Å². The number of hydrogen-bond acceptors (Lipinski definition) is 3. The number of pyridine rings is 1. The Kier molecular flexibility index (Phi) is 5.02. The van der Waals surface area contributed by atoms with Crippen LogP contribution in [-0.2, 0) is 5.88 Å². The monoisotopic (exact) mass is 268 g/mol. The second-order valence-corrected chi connectivity index (χ2v) is 3.65. The number of alkyl halides is 4. The van der Waals surface area contributed by atoms with E-state index in [4.69, 9.17) is 16.7 Å². The van der Waals surface area contributed by atoms with Crippen molar-refractivity contribution in [3.8, 4) is 0 Å². The van der Waals surface area contributed by atoms with Crippen LogP contribution in [0.15, 0.2) is 18.3 Å². The molecule has 0 bridgehead atoms. The van der Waals surface area contributed by atoms with Crippen molar-refractivity contribution in [2.24, 2.45) is 0 Å². The third kappa shape index (κ3) is 4.40. The summed E-state index contributed by atoms with van der Waals surface area (Å²) in [5, 5.41) is 8.79. The number of halogens is 4. The maximum absolute atomic E-state index is 12.4. The minimum absolute atomic E-state index is 0.0724. The summed E-state index contributed by atoms with van der Waals surface area (Å²) in [6.07, 6.45) is -2.96. The van der Waals surface area contributed by atoms with Gasteiger partial charge in [0.1, 0.15) is 12.4 Å². The molecule has 1 heterocycles. The Hall–Kier alpha value is -1.01. The fourth-order valence-electron chi connectivity index (χ4n) is 1.42. The van der Waals surface area contributed by atoms with Crippen molar-refractivity contribution in [1.29, 1.82) is 0 Å². The van der Waals surface area contributed by atoms with Gasteiger partial charge in [-0.1, -0.05) is 6.07 Å². The van der Waals surface area contributed by atoms with E-state index in [0.717, 1.165) is 4.90 Å². The molecule has 1 rings (SSSR count). The number of anilines is 1. The fourth-order valence-corrected chi connectivity index (χ4v) is 1.62. The number of hydrogen-bond donors (Lipinski definition) is 1. The molecule has 0 radical (unpaired) electrons. The van der Waals surface area contributed by atoms with Crippen LogP contribution in [0.1, 0.15) is 5.56 Å². The Morgan fingerprint density at radius 1 is 1.41 bits per heavy atom. The van der Waals surface area contributed by atoms with Crippen molar-refractivity contribution in [3.63, 3.8) is 0 Å². The maximum atomic E-state index is 12.4. The second kappa shape index (κ2) is 6.07. The Morgan fingerprint density at radius 3 is 2.65 bits per heavy atom. The lowest BCUT2D eigenvalue weighted by Gasteiger charge is -2.25. The van der Waals surface area contributed by atoms with E-state index in [1.54, 1.807) is 12.1 Å². The Bertz CT molecular complexity index is 360. The zero-order valence-electron chi connectivity index (χ0n) is 8.91. The Morgan fingerprint density at radius 2 is 2.12 bits per heavy atom. The molecule has 96 valence electrons. The summed E-state index contributed by atoms with van der Waals surface area (Å²) < 4.78 is 37.1. The molecule has 1 N–H and O–H groups in total. The van der Waals surface area contributed by atoms with Gasteiger partial charge in [-0.05, 0) is 6.07 Å². The van der Waals surface area contributed by atoms with Crippen LogP contribution in [0, 0.1) is 0 Å². The predicted octanol–water partition coefficient (Wildman–Crippen LogP) is 2.18. The molecule has 7 heteroatoms. The average molecular weight is 269 g/mol. The van der Waals surface area contributed by atoms with Crippen molar-refractivity contribution < 1.29 is 18.3 Å². The third-order valence-corrected chi connectivity index (χ3v) is 2.34. The lowest BCUT2D eigenvalue weighted by atomic mass is 10.2. The van der Waals surface area contributed by atoms with Crippen LogP contribution in [-0.4, -0.2) is 36.0 Å². The first-order valence-corrected chi connectivity index (χ1v) is 5.44. The fraction of sp³-hybridized carbons (Fsp3) is 0.500. The van der Waals surface area contributed by atoms with Gasteiger partial charge in [-0.2, -0.15) is 13.2 Å². The molecule has 0 amide bonds. The van der Waals surface area contributed by atoms with Crippen LogP contribution < -0.4 is 4.90 Å². The van der Waals surface area contributed by atoms with Gasteiger partial charge in [-0.15, -0.1) is 11.6 Å². The molecule has 0 unspecified atom stereocenters. The van der Waals surface area contributed by atoms with E-state index < -0.39 is 12.7 Å². The van der Waals surface area contributed by atoms with Gasteiger partial charge in [-0.3, -0.25) is 0 Å². The minimum Gasteiger partial charge on any atom is -0.395 e. The van der Waals surface area contributed by atoms with Gasteiger partial charge in [0.25, 0.3) is 0 Å². The molecule has 17 heavy (non-hydrogen) atoms. The highest BCUT2D eigenvalue weighted by Gasteiger charge is 2.31. The predicted molar refractivity (Wildman–Crippen MR) is 59.1 cm³/mol. The summed E-state index contributed by atoms with van der Waals surface area (Å²) in [5.74, 6) is 0.233. The molecule has 0 saturated carbocycles. The Balaban J connectivity index is 2.96. The number of nitrogens with zero attached hydrogens (tertiary/aromatic N) is 2. The third-order valence-electron chi connectivity index (χ3n) is 2.05. The molecule has 1 aromatic heterocycles. The van der Waals surface area contributed by atoms with Crippen LogP contribution in [0.2, 0.25) is 0 Å². The van der Waals surface area contributed by atoms with E-state index >= 15 is 0 Å². The first-order valence-electron chi connectivity index (χ1n) is 4.90. The van der Waals surface area contributed by atoms with Crippen LogP contribution in [0.5, 0.6) is 0 Å². The number of aromatic nitrogens is 1. The maximum Gasteiger partial charge on any atom is 0.405 e. The normalized spacial score (nSPS) is 11.6. The van der Waals surface area contributed by atoms with Crippen LogP contribution in [0.4, 0.5) is 19.0 Å². The van der Waals surface area contributed by atoms with Crippen molar-refractivity contribution in [1.82, 2.24) is 4.98 Å². The van der Waals surface area contributed by atoms with Gasteiger partial charge in [0, 0.05) is 18.3 Å². The average Bonchev–Trinajstić information content (AvgIpc) is 2.27. The number of rotatable bonds is 5. The molecule has 0 saturated heterocycles. The molecule has 0 spiro atoms. The molecule has 0 aromatic carbocycles.